The number of rotatable bonds is 0. The van der Waals surface area contributed by atoms with E-state index in [9.17, 15) is 0 Å². The Morgan fingerprint density at radius 2 is 0.947 bits per heavy atom. The molecule has 0 nitrogen and oxygen atoms in total. The maximum Gasteiger partial charge on any atom is 0.166 e. The Morgan fingerprint density at radius 3 is 1.26 bits per heavy atom. The zero-order valence-corrected chi connectivity index (χ0v) is 15.6. The number of hydrogen-bond acceptors (Lipinski definition) is 0. The molecule has 3 rings (SSSR count). The van der Waals surface area contributed by atoms with Gasteiger partial charge in [-0.2, -0.15) is 0 Å². The van der Waals surface area contributed by atoms with Gasteiger partial charge in [0.25, 0.3) is 0 Å². The fourth-order valence-corrected chi connectivity index (χ4v) is 8.08. The van der Waals surface area contributed by atoms with Crippen molar-refractivity contribution in [1.82, 2.24) is 0 Å². The van der Waals surface area contributed by atoms with E-state index in [1.165, 1.54) is 0 Å². The average molecular weight is 444 g/mol. The third kappa shape index (κ3) is 1.47. The lowest BCUT2D eigenvalue weighted by molar-refractivity contribution is 0.388. The van der Waals surface area contributed by atoms with Crippen molar-refractivity contribution < 1.29 is 0 Å². The maximum absolute atomic E-state index is 6.63. The zero-order chi connectivity index (χ0) is 14.5. The van der Waals surface area contributed by atoms with Crippen molar-refractivity contribution in [3.8, 4) is 0 Å². The molecule has 0 radical (unpaired) electrons. The van der Waals surface area contributed by atoms with Crippen LogP contribution >= 0.6 is 104 Å². The molecule has 2 bridgehead atoms. The van der Waals surface area contributed by atoms with Gasteiger partial charge in [-0.1, -0.05) is 46.4 Å². The number of hydrogen-bond donors (Lipinski definition) is 0. The van der Waals surface area contributed by atoms with Crippen LogP contribution in [-0.4, -0.2) is 30.2 Å². The highest BCUT2D eigenvalue weighted by atomic mass is 35.5. The Morgan fingerprint density at radius 1 is 0.632 bits per heavy atom. The summed E-state index contributed by atoms with van der Waals surface area (Å²) in [5, 5.41) is -1.38. The van der Waals surface area contributed by atoms with Crippen LogP contribution < -0.4 is 0 Å². The maximum atomic E-state index is 6.63. The van der Waals surface area contributed by atoms with Gasteiger partial charge in [-0.05, 0) is 0 Å². The number of allylic oxidation sites excluding steroid dienone is 2. The lowest BCUT2D eigenvalue weighted by Crippen LogP contribution is -2.48. The van der Waals surface area contributed by atoms with Crippen molar-refractivity contribution in [2.24, 2.45) is 11.8 Å². The average Bonchev–Trinajstić information content (AvgIpc) is 2.69. The minimum absolute atomic E-state index is 0.123. The van der Waals surface area contributed by atoms with E-state index in [2.05, 4.69) is 0 Å². The monoisotopic (exact) mass is 440 g/mol. The Bertz CT molecular complexity index is 447. The number of fused-ring (bicyclic) bond motifs is 5. The molecule has 1 unspecified atom stereocenters. The summed E-state index contributed by atoms with van der Waals surface area (Å²) in [6, 6.07) is 0. The minimum Gasteiger partial charge on any atom is -0.121 e. The van der Waals surface area contributed by atoms with Crippen LogP contribution in [0.3, 0.4) is 0 Å². The smallest absolute Gasteiger partial charge is 0.121 e. The Balaban J connectivity index is 2.29. The van der Waals surface area contributed by atoms with E-state index in [0.29, 0.717) is 0 Å². The highest BCUT2D eigenvalue weighted by molar-refractivity contribution is 6.66. The predicted molar refractivity (Wildman–Crippen MR) is 86.2 cm³/mol. The third-order valence-electron chi connectivity index (χ3n) is 4.35. The van der Waals surface area contributed by atoms with Gasteiger partial charge in [0.05, 0.1) is 26.2 Å². The van der Waals surface area contributed by atoms with Gasteiger partial charge in [-0.3, -0.25) is 0 Å². The van der Waals surface area contributed by atoms with E-state index in [1.807, 2.05) is 0 Å². The summed E-state index contributed by atoms with van der Waals surface area (Å²) in [6.45, 7) is 0. The first kappa shape index (κ1) is 16.2. The first-order valence-electron chi connectivity index (χ1n) is 5.28. The molecule has 0 saturated heterocycles. The van der Waals surface area contributed by atoms with Gasteiger partial charge in [-0.15, -0.1) is 58.0 Å². The molecule has 0 aromatic carbocycles. The molecular formula is C10H5Cl9. The van der Waals surface area contributed by atoms with Crippen LogP contribution in [0.15, 0.2) is 10.1 Å². The summed E-state index contributed by atoms with van der Waals surface area (Å²) in [7, 11) is 0. The molecule has 2 fully saturated rings. The summed E-state index contributed by atoms with van der Waals surface area (Å²) >= 11 is 57.4. The van der Waals surface area contributed by atoms with Crippen molar-refractivity contribution in [3.05, 3.63) is 10.1 Å². The number of alkyl halides is 7. The summed E-state index contributed by atoms with van der Waals surface area (Å²) in [4.78, 5) is -2.77. The first-order valence-corrected chi connectivity index (χ1v) is 8.86. The first-order chi connectivity index (χ1) is 8.54. The fourth-order valence-electron chi connectivity index (χ4n) is 3.47. The van der Waals surface area contributed by atoms with Gasteiger partial charge < -0.3 is 0 Å². The lowest BCUT2D eigenvalue weighted by atomic mass is 9.84. The largest absolute Gasteiger partial charge is 0.166 e. The molecule has 2 saturated carbocycles. The molecule has 19 heavy (non-hydrogen) atoms. The van der Waals surface area contributed by atoms with Crippen molar-refractivity contribution in [3.63, 3.8) is 0 Å². The second kappa shape index (κ2) is 4.46. The van der Waals surface area contributed by atoms with E-state index >= 15 is 0 Å². The van der Waals surface area contributed by atoms with E-state index in [4.69, 9.17) is 104 Å². The van der Waals surface area contributed by atoms with Crippen LogP contribution in [0.4, 0.5) is 0 Å². The highest BCUT2D eigenvalue weighted by Gasteiger charge is 2.86. The zero-order valence-electron chi connectivity index (χ0n) is 8.79. The Kier molecular flexibility index (Phi) is 3.80. The van der Waals surface area contributed by atoms with Gasteiger partial charge >= 0.3 is 0 Å². The standard InChI is InChI=1S/C10H5Cl9/c11-3-1-2(4(12)5(3)13)9(17)7(15)6(14)8(1,16)10(9,18)19/h1-5H/t1-,2-,3-,4+,5?,8-,9+/m0/s1. The van der Waals surface area contributed by atoms with E-state index in [0.717, 1.165) is 0 Å². The van der Waals surface area contributed by atoms with Crippen LogP contribution in [0.25, 0.3) is 0 Å². The van der Waals surface area contributed by atoms with Crippen LogP contribution in [0.2, 0.25) is 0 Å². The predicted octanol–water partition coefficient (Wildman–Crippen LogP) is 5.90. The lowest BCUT2D eigenvalue weighted by Gasteiger charge is -2.35. The van der Waals surface area contributed by atoms with Gasteiger partial charge in [0.1, 0.15) is 9.75 Å². The van der Waals surface area contributed by atoms with Gasteiger partial charge in [0.15, 0.2) is 4.33 Å². The summed E-state index contributed by atoms with van der Waals surface area (Å²) in [6.07, 6.45) is 0. The molecule has 0 amide bonds. The Hall–Kier alpha value is 2.35. The van der Waals surface area contributed by atoms with Gasteiger partial charge in [0, 0.05) is 11.8 Å². The van der Waals surface area contributed by atoms with E-state index in [-0.39, 0.29) is 10.1 Å². The minimum atomic E-state index is -1.61. The fraction of sp³-hybridized carbons (Fsp3) is 0.800. The van der Waals surface area contributed by atoms with Crippen molar-refractivity contribution in [2.75, 3.05) is 0 Å². The second-order valence-electron chi connectivity index (χ2n) is 5.01. The molecule has 0 aromatic heterocycles. The molecule has 0 N–H and O–H groups in total. The normalized spacial score (nSPS) is 58.9. The topological polar surface area (TPSA) is 0 Å². The van der Waals surface area contributed by atoms with Crippen LogP contribution in [0.1, 0.15) is 0 Å². The van der Waals surface area contributed by atoms with Crippen LogP contribution in [-0.2, 0) is 0 Å². The van der Waals surface area contributed by atoms with Crippen LogP contribution in [0.5, 0.6) is 0 Å². The molecule has 3 aliphatic carbocycles. The summed E-state index contributed by atoms with van der Waals surface area (Å²) in [5.74, 6) is -0.910. The molecule has 0 aromatic rings. The molecular weight excluding hydrogens is 439 g/mol. The Labute approximate surface area is 155 Å². The quantitative estimate of drug-likeness (QED) is 0.409. The summed E-state index contributed by atoms with van der Waals surface area (Å²) < 4.78 is -1.61. The molecule has 7 atom stereocenters. The van der Waals surface area contributed by atoms with E-state index < -0.39 is 42.0 Å². The van der Waals surface area contributed by atoms with Crippen molar-refractivity contribution >= 4 is 104 Å². The molecule has 0 spiro atoms. The highest BCUT2D eigenvalue weighted by Crippen LogP contribution is 2.79. The van der Waals surface area contributed by atoms with Crippen LogP contribution in [0, 0.1) is 11.8 Å². The summed E-state index contributed by atoms with van der Waals surface area (Å²) in [5.41, 5.74) is 0. The van der Waals surface area contributed by atoms with Gasteiger partial charge in [0.2, 0.25) is 0 Å². The van der Waals surface area contributed by atoms with Gasteiger partial charge in [-0.25, -0.2) is 0 Å². The van der Waals surface area contributed by atoms with Crippen molar-refractivity contribution in [2.45, 2.75) is 30.2 Å². The third-order valence-corrected chi connectivity index (χ3v) is 10.5. The number of halogens is 9. The molecule has 0 heterocycles. The molecule has 108 valence electrons. The second-order valence-corrected chi connectivity index (χ2v) is 9.80. The van der Waals surface area contributed by atoms with E-state index in [1.54, 1.807) is 0 Å². The molecule has 9 heteroatoms. The molecule has 3 aliphatic rings. The molecule has 0 aliphatic heterocycles. The van der Waals surface area contributed by atoms with Crippen molar-refractivity contribution in [1.29, 1.82) is 0 Å². The SMILES string of the molecule is ClC1=C(Cl)[C@]2(Cl)[C@H]3[C@@H]([C@H](Cl)C(Cl)[C@@H]3Cl)[C@@]1(Cl)C2(Cl)Cl.